The van der Waals surface area contributed by atoms with Crippen LogP contribution in [0.3, 0.4) is 0 Å². The fourth-order valence-corrected chi connectivity index (χ4v) is 4.26. The maximum atomic E-state index is 12.4. The van der Waals surface area contributed by atoms with Gasteiger partial charge in [0.15, 0.2) is 0 Å². The Labute approximate surface area is 146 Å². The summed E-state index contributed by atoms with van der Waals surface area (Å²) in [5, 5.41) is 3.84. The summed E-state index contributed by atoms with van der Waals surface area (Å²) in [6.07, 6.45) is 7.80. The van der Waals surface area contributed by atoms with Crippen molar-refractivity contribution in [2.75, 3.05) is 6.54 Å². The standard InChI is InChI=1S/C19H22ClNOS/c20-16-9-5-8-15(12-16)17-10-11-18(23-17)19(22)21-13-14-6-3-1-2-4-7-14/h5,8-12,14H,1-4,6-7,13H2,(H,21,22). The van der Waals surface area contributed by atoms with Gasteiger partial charge in [-0.05, 0) is 48.6 Å². The van der Waals surface area contributed by atoms with E-state index in [9.17, 15) is 4.79 Å². The predicted molar refractivity (Wildman–Crippen MR) is 98.3 cm³/mol. The van der Waals surface area contributed by atoms with Gasteiger partial charge in [-0.25, -0.2) is 0 Å². The highest BCUT2D eigenvalue weighted by molar-refractivity contribution is 7.17. The zero-order chi connectivity index (χ0) is 16.1. The highest BCUT2D eigenvalue weighted by Crippen LogP contribution is 2.30. The van der Waals surface area contributed by atoms with Gasteiger partial charge in [0.05, 0.1) is 4.88 Å². The van der Waals surface area contributed by atoms with Crippen molar-refractivity contribution in [2.24, 2.45) is 5.92 Å². The first-order valence-electron chi connectivity index (χ1n) is 8.36. The number of benzene rings is 1. The van der Waals surface area contributed by atoms with Gasteiger partial charge in [-0.3, -0.25) is 4.79 Å². The normalized spacial score (nSPS) is 16.0. The quantitative estimate of drug-likeness (QED) is 0.699. The summed E-state index contributed by atoms with van der Waals surface area (Å²) in [4.78, 5) is 14.2. The van der Waals surface area contributed by atoms with Gasteiger partial charge in [-0.2, -0.15) is 0 Å². The Balaban J connectivity index is 1.60. The SMILES string of the molecule is O=C(NCC1CCCCCC1)c1ccc(-c2cccc(Cl)c2)s1. The van der Waals surface area contributed by atoms with Crippen molar-refractivity contribution in [2.45, 2.75) is 38.5 Å². The zero-order valence-corrected chi connectivity index (χ0v) is 14.8. The maximum absolute atomic E-state index is 12.4. The first-order valence-corrected chi connectivity index (χ1v) is 9.56. The molecule has 23 heavy (non-hydrogen) atoms. The number of carbonyl (C=O) groups excluding carboxylic acids is 1. The molecular formula is C19H22ClNOS. The van der Waals surface area contributed by atoms with Crippen LogP contribution < -0.4 is 5.32 Å². The van der Waals surface area contributed by atoms with Crippen LogP contribution in [0, 0.1) is 5.92 Å². The lowest BCUT2D eigenvalue weighted by Crippen LogP contribution is -2.28. The van der Waals surface area contributed by atoms with E-state index >= 15 is 0 Å². The minimum atomic E-state index is 0.0486. The van der Waals surface area contributed by atoms with Crippen molar-refractivity contribution in [1.82, 2.24) is 5.32 Å². The van der Waals surface area contributed by atoms with Crippen LogP contribution in [0.5, 0.6) is 0 Å². The molecule has 1 saturated carbocycles. The molecule has 0 bridgehead atoms. The summed E-state index contributed by atoms with van der Waals surface area (Å²) in [5.41, 5.74) is 1.06. The van der Waals surface area contributed by atoms with Crippen molar-refractivity contribution in [3.63, 3.8) is 0 Å². The minimum Gasteiger partial charge on any atom is -0.351 e. The van der Waals surface area contributed by atoms with Crippen LogP contribution in [-0.4, -0.2) is 12.5 Å². The van der Waals surface area contributed by atoms with E-state index in [-0.39, 0.29) is 5.91 Å². The molecule has 0 spiro atoms. The van der Waals surface area contributed by atoms with Crippen LogP contribution in [0.15, 0.2) is 36.4 Å². The van der Waals surface area contributed by atoms with Crippen LogP contribution in [0.4, 0.5) is 0 Å². The van der Waals surface area contributed by atoms with E-state index in [1.807, 2.05) is 36.4 Å². The second-order valence-corrected chi connectivity index (χ2v) is 7.76. The van der Waals surface area contributed by atoms with Crippen molar-refractivity contribution in [3.8, 4) is 10.4 Å². The first-order chi connectivity index (χ1) is 11.2. The second kappa shape index (κ2) is 7.98. The lowest BCUT2D eigenvalue weighted by Gasteiger charge is -2.14. The van der Waals surface area contributed by atoms with E-state index in [0.29, 0.717) is 5.92 Å². The molecule has 2 aromatic rings. The molecule has 1 fully saturated rings. The lowest BCUT2D eigenvalue weighted by atomic mass is 10.0. The van der Waals surface area contributed by atoms with Crippen molar-refractivity contribution in [1.29, 1.82) is 0 Å². The smallest absolute Gasteiger partial charge is 0.261 e. The highest BCUT2D eigenvalue weighted by Gasteiger charge is 2.15. The number of hydrogen-bond donors (Lipinski definition) is 1. The van der Waals surface area contributed by atoms with Gasteiger partial charge in [0, 0.05) is 16.4 Å². The van der Waals surface area contributed by atoms with E-state index < -0.39 is 0 Å². The Kier molecular flexibility index (Phi) is 5.74. The Morgan fingerprint density at radius 2 is 1.91 bits per heavy atom. The van der Waals surface area contributed by atoms with Crippen LogP contribution in [0.1, 0.15) is 48.2 Å². The molecule has 1 aliphatic carbocycles. The summed E-state index contributed by atoms with van der Waals surface area (Å²) >= 11 is 7.56. The maximum Gasteiger partial charge on any atom is 0.261 e. The van der Waals surface area contributed by atoms with Gasteiger partial charge in [-0.1, -0.05) is 49.4 Å². The average Bonchev–Trinajstić information content (AvgIpc) is 2.90. The number of carbonyl (C=O) groups is 1. The van der Waals surface area contributed by atoms with E-state index in [0.717, 1.165) is 26.9 Å². The van der Waals surface area contributed by atoms with Gasteiger partial charge in [0.2, 0.25) is 0 Å². The summed E-state index contributed by atoms with van der Waals surface area (Å²) in [6, 6.07) is 11.6. The van der Waals surface area contributed by atoms with Gasteiger partial charge < -0.3 is 5.32 Å². The summed E-state index contributed by atoms with van der Waals surface area (Å²) in [7, 11) is 0. The van der Waals surface area contributed by atoms with E-state index in [4.69, 9.17) is 11.6 Å². The number of hydrogen-bond acceptors (Lipinski definition) is 2. The van der Waals surface area contributed by atoms with Crippen LogP contribution in [0.25, 0.3) is 10.4 Å². The Morgan fingerprint density at radius 3 is 2.65 bits per heavy atom. The van der Waals surface area contributed by atoms with E-state index in [1.165, 1.54) is 49.9 Å². The molecule has 0 unspecified atom stereocenters. The van der Waals surface area contributed by atoms with Gasteiger partial charge in [-0.15, -0.1) is 11.3 Å². The van der Waals surface area contributed by atoms with Gasteiger partial charge >= 0.3 is 0 Å². The average molecular weight is 348 g/mol. The molecule has 1 aromatic heterocycles. The molecule has 0 aliphatic heterocycles. The highest BCUT2D eigenvalue weighted by atomic mass is 35.5. The number of rotatable bonds is 4. The molecule has 0 atom stereocenters. The van der Waals surface area contributed by atoms with Crippen molar-refractivity contribution >= 4 is 28.8 Å². The minimum absolute atomic E-state index is 0.0486. The third-order valence-electron chi connectivity index (χ3n) is 4.46. The second-order valence-electron chi connectivity index (χ2n) is 6.24. The fourth-order valence-electron chi connectivity index (χ4n) is 3.15. The third kappa shape index (κ3) is 4.58. The lowest BCUT2D eigenvalue weighted by molar-refractivity contribution is 0.0950. The molecule has 0 saturated heterocycles. The fraction of sp³-hybridized carbons (Fsp3) is 0.421. The van der Waals surface area contributed by atoms with Gasteiger partial charge in [0.1, 0.15) is 0 Å². The van der Waals surface area contributed by atoms with E-state index in [2.05, 4.69) is 5.32 Å². The zero-order valence-electron chi connectivity index (χ0n) is 13.2. The molecule has 1 N–H and O–H groups in total. The Hall–Kier alpha value is -1.32. The molecule has 2 nitrogen and oxygen atoms in total. The molecule has 0 radical (unpaired) electrons. The largest absolute Gasteiger partial charge is 0.351 e. The molecule has 1 aromatic carbocycles. The van der Waals surface area contributed by atoms with Crippen molar-refractivity contribution < 1.29 is 4.79 Å². The Bertz CT molecular complexity index is 659. The first kappa shape index (κ1) is 16.5. The predicted octanol–water partition coefficient (Wildman–Crippen LogP) is 5.77. The Morgan fingerprint density at radius 1 is 1.13 bits per heavy atom. The van der Waals surface area contributed by atoms with Gasteiger partial charge in [0.25, 0.3) is 5.91 Å². The number of thiophene rings is 1. The summed E-state index contributed by atoms with van der Waals surface area (Å²) < 4.78 is 0. The number of halogens is 1. The summed E-state index contributed by atoms with van der Waals surface area (Å²) in [6.45, 7) is 0.809. The van der Waals surface area contributed by atoms with Crippen LogP contribution in [0.2, 0.25) is 5.02 Å². The van der Waals surface area contributed by atoms with E-state index in [1.54, 1.807) is 0 Å². The van der Waals surface area contributed by atoms with Crippen LogP contribution in [-0.2, 0) is 0 Å². The molecule has 1 amide bonds. The third-order valence-corrected chi connectivity index (χ3v) is 5.83. The number of amides is 1. The number of nitrogens with one attached hydrogen (secondary N) is 1. The molecular weight excluding hydrogens is 326 g/mol. The molecule has 4 heteroatoms. The molecule has 3 rings (SSSR count). The van der Waals surface area contributed by atoms with Crippen molar-refractivity contribution in [3.05, 3.63) is 46.3 Å². The summed E-state index contributed by atoms with van der Waals surface area (Å²) in [5.74, 6) is 0.696. The molecule has 1 aliphatic rings. The van der Waals surface area contributed by atoms with Crippen LogP contribution >= 0.6 is 22.9 Å². The molecule has 122 valence electrons. The molecule has 1 heterocycles. The monoisotopic (exact) mass is 347 g/mol. The topological polar surface area (TPSA) is 29.1 Å².